The molecule has 0 spiro atoms. The maximum Gasteiger partial charge on any atom is 0.234 e. The molecule has 0 aromatic carbocycles. The van der Waals surface area contributed by atoms with E-state index >= 15 is 0 Å². The maximum absolute atomic E-state index is 12.7. The molecule has 3 N–H and O–H groups in total. The number of nitrogens with two attached hydrogens (primary N) is 1. The van der Waals surface area contributed by atoms with E-state index in [1.54, 1.807) is 0 Å². The van der Waals surface area contributed by atoms with Crippen LogP contribution in [0.25, 0.3) is 0 Å². The normalized spacial score (nSPS) is 26.6. The number of rotatable bonds is 4. The fraction of sp³-hybridized carbons (Fsp3) is 0.846. The van der Waals surface area contributed by atoms with Gasteiger partial charge in [0.15, 0.2) is 5.84 Å². The molecule has 3 atom stereocenters. The van der Waals surface area contributed by atoms with Crippen LogP contribution in [0, 0.1) is 11.8 Å². The smallest absolute Gasteiger partial charge is 0.234 e. The first kappa shape index (κ1) is 15.8. The molecule has 1 rings (SSSR count). The lowest BCUT2D eigenvalue weighted by Gasteiger charge is -2.40. The van der Waals surface area contributed by atoms with E-state index in [1.165, 1.54) is 0 Å². The molecule has 1 amide bonds. The van der Waals surface area contributed by atoms with Crippen molar-refractivity contribution in [3.63, 3.8) is 0 Å². The van der Waals surface area contributed by atoms with Gasteiger partial charge in [0.1, 0.15) is 5.92 Å². The fourth-order valence-corrected chi connectivity index (χ4v) is 2.45. The van der Waals surface area contributed by atoms with Crippen LogP contribution in [0.3, 0.4) is 0 Å². The van der Waals surface area contributed by atoms with Crippen LogP contribution in [-0.2, 0) is 9.53 Å². The van der Waals surface area contributed by atoms with Crippen molar-refractivity contribution >= 4 is 11.7 Å². The van der Waals surface area contributed by atoms with Gasteiger partial charge in [-0.3, -0.25) is 4.79 Å². The summed E-state index contributed by atoms with van der Waals surface area (Å²) >= 11 is 0. The first-order valence-electron chi connectivity index (χ1n) is 6.81. The molecule has 0 aliphatic carbocycles. The first-order chi connectivity index (χ1) is 8.92. The molecule has 0 radical (unpaired) electrons. The lowest BCUT2D eigenvalue weighted by Crippen LogP contribution is -2.55. The molecule has 0 bridgehead atoms. The fourth-order valence-electron chi connectivity index (χ4n) is 2.45. The average Bonchev–Trinajstić information content (AvgIpc) is 2.38. The molecule has 6 heteroatoms. The topological polar surface area (TPSA) is 88.2 Å². The van der Waals surface area contributed by atoms with Crippen LogP contribution in [-0.4, -0.2) is 47.1 Å². The standard InChI is InChI=1S/C13H25N3O3/c1-5-10-7-19-9(4)6-16(10)13(17)11(8(2)3)12(14)15-18/h8-11,18H,5-7H2,1-4H3,(H2,14,15). The molecule has 0 aromatic rings. The van der Waals surface area contributed by atoms with E-state index in [-0.39, 0.29) is 29.8 Å². The summed E-state index contributed by atoms with van der Waals surface area (Å²) in [5.74, 6) is -0.690. The second kappa shape index (κ2) is 6.75. The molecular formula is C13H25N3O3. The Kier molecular flexibility index (Phi) is 5.60. The van der Waals surface area contributed by atoms with Gasteiger partial charge in [0.2, 0.25) is 5.91 Å². The van der Waals surface area contributed by atoms with Crippen molar-refractivity contribution in [3.05, 3.63) is 0 Å². The Balaban J connectivity index is 2.93. The summed E-state index contributed by atoms with van der Waals surface area (Å²) in [6.45, 7) is 8.86. The Hall–Kier alpha value is -1.30. The molecule has 1 saturated heterocycles. The molecular weight excluding hydrogens is 246 g/mol. The number of carbonyl (C=O) groups is 1. The number of hydrogen-bond acceptors (Lipinski definition) is 4. The second-order valence-corrected chi connectivity index (χ2v) is 5.44. The molecule has 6 nitrogen and oxygen atoms in total. The molecule has 3 unspecified atom stereocenters. The zero-order valence-corrected chi connectivity index (χ0v) is 12.2. The quantitative estimate of drug-likeness (QED) is 0.346. The monoisotopic (exact) mass is 271 g/mol. The van der Waals surface area contributed by atoms with E-state index in [1.807, 2.05) is 32.6 Å². The predicted octanol–water partition coefficient (Wildman–Crippen LogP) is 1.03. The SMILES string of the molecule is CCC1COC(C)CN1C(=O)C(C(N)=NO)C(C)C. The average molecular weight is 271 g/mol. The summed E-state index contributed by atoms with van der Waals surface area (Å²) in [6.07, 6.45) is 0.853. The number of nitrogens with zero attached hydrogens (tertiary/aromatic N) is 2. The number of amidine groups is 1. The largest absolute Gasteiger partial charge is 0.409 e. The van der Waals surface area contributed by atoms with Crippen molar-refractivity contribution in [2.75, 3.05) is 13.2 Å². The molecule has 0 aromatic heterocycles. The van der Waals surface area contributed by atoms with Gasteiger partial charge < -0.3 is 20.6 Å². The molecule has 1 aliphatic heterocycles. The second-order valence-electron chi connectivity index (χ2n) is 5.44. The number of morpholine rings is 1. The molecule has 0 saturated carbocycles. The van der Waals surface area contributed by atoms with E-state index in [9.17, 15) is 4.79 Å². The van der Waals surface area contributed by atoms with Gasteiger partial charge in [-0.2, -0.15) is 0 Å². The van der Waals surface area contributed by atoms with Crippen LogP contribution in [0.5, 0.6) is 0 Å². The van der Waals surface area contributed by atoms with Crippen molar-refractivity contribution in [1.82, 2.24) is 4.90 Å². The Labute approximate surface area is 114 Å². The number of ether oxygens (including phenoxy) is 1. The van der Waals surface area contributed by atoms with Gasteiger partial charge in [-0.25, -0.2) is 0 Å². The molecule has 19 heavy (non-hydrogen) atoms. The van der Waals surface area contributed by atoms with Crippen molar-refractivity contribution in [1.29, 1.82) is 0 Å². The van der Waals surface area contributed by atoms with Crippen molar-refractivity contribution in [2.45, 2.75) is 46.3 Å². The first-order valence-corrected chi connectivity index (χ1v) is 6.81. The lowest BCUT2D eigenvalue weighted by molar-refractivity contribution is -0.147. The van der Waals surface area contributed by atoms with Crippen LogP contribution in [0.4, 0.5) is 0 Å². The summed E-state index contributed by atoms with van der Waals surface area (Å²) < 4.78 is 5.58. The summed E-state index contributed by atoms with van der Waals surface area (Å²) in [5, 5.41) is 11.9. The Morgan fingerprint density at radius 3 is 2.68 bits per heavy atom. The van der Waals surface area contributed by atoms with E-state index < -0.39 is 5.92 Å². The van der Waals surface area contributed by atoms with Gasteiger partial charge in [-0.1, -0.05) is 25.9 Å². The highest BCUT2D eigenvalue weighted by molar-refractivity contribution is 6.02. The van der Waals surface area contributed by atoms with E-state index in [0.717, 1.165) is 6.42 Å². The van der Waals surface area contributed by atoms with Gasteiger partial charge in [-0.05, 0) is 19.3 Å². The maximum atomic E-state index is 12.7. The third-order valence-electron chi connectivity index (χ3n) is 3.59. The lowest BCUT2D eigenvalue weighted by atomic mass is 9.92. The van der Waals surface area contributed by atoms with Crippen LogP contribution in [0.2, 0.25) is 0 Å². The van der Waals surface area contributed by atoms with Crippen molar-refractivity contribution in [3.8, 4) is 0 Å². The van der Waals surface area contributed by atoms with E-state index in [2.05, 4.69) is 5.16 Å². The highest BCUT2D eigenvalue weighted by atomic mass is 16.5. The van der Waals surface area contributed by atoms with Gasteiger partial charge in [-0.15, -0.1) is 0 Å². The van der Waals surface area contributed by atoms with Crippen LogP contribution < -0.4 is 5.73 Å². The third kappa shape index (κ3) is 3.59. The minimum Gasteiger partial charge on any atom is -0.409 e. The summed E-state index contributed by atoms with van der Waals surface area (Å²) in [6, 6.07) is 0.0662. The van der Waals surface area contributed by atoms with Gasteiger partial charge >= 0.3 is 0 Å². The zero-order chi connectivity index (χ0) is 14.6. The van der Waals surface area contributed by atoms with E-state index in [4.69, 9.17) is 15.7 Å². The van der Waals surface area contributed by atoms with E-state index in [0.29, 0.717) is 13.2 Å². The number of oxime groups is 1. The van der Waals surface area contributed by atoms with Crippen molar-refractivity contribution in [2.24, 2.45) is 22.7 Å². The minimum atomic E-state index is -0.579. The van der Waals surface area contributed by atoms with Gasteiger partial charge in [0.25, 0.3) is 0 Å². The van der Waals surface area contributed by atoms with Crippen LogP contribution >= 0.6 is 0 Å². The minimum absolute atomic E-state index is 0.0148. The summed E-state index contributed by atoms with van der Waals surface area (Å²) in [7, 11) is 0. The number of hydrogen-bond donors (Lipinski definition) is 2. The Bertz CT molecular complexity index is 344. The summed E-state index contributed by atoms with van der Waals surface area (Å²) in [5.41, 5.74) is 5.67. The van der Waals surface area contributed by atoms with Gasteiger partial charge in [0.05, 0.1) is 18.8 Å². The highest BCUT2D eigenvalue weighted by Gasteiger charge is 2.36. The molecule has 1 heterocycles. The van der Waals surface area contributed by atoms with Crippen molar-refractivity contribution < 1.29 is 14.7 Å². The number of amides is 1. The number of carbonyl (C=O) groups excluding carboxylic acids is 1. The Morgan fingerprint density at radius 1 is 1.58 bits per heavy atom. The summed E-state index contributed by atoms with van der Waals surface area (Å²) in [4.78, 5) is 14.5. The third-order valence-corrected chi connectivity index (χ3v) is 3.59. The van der Waals surface area contributed by atoms with Gasteiger partial charge in [0, 0.05) is 6.54 Å². The predicted molar refractivity (Wildman–Crippen MR) is 72.9 cm³/mol. The highest BCUT2D eigenvalue weighted by Crippen LogP contribution is 2.21. The van der Waals surface area contributed by atoms with Crippen LogP contribution in [0.1, 0.15) is 34.1 Å². The molecule has 1 aliphatic rings. The molecule has 1 fully saturated rings. The zero-order valence-electron chi connectivity index (χ0n) is 12.2. The Morgan fingerprint density at radius 2 is 2.21 bits per heavy atom. The van der Waals surface area contributed by atoms with Crippen LogP contribution in [0.15, 0.2) is 5.16 Å². The molecule has 110 valence electrons.